The molecule has 0 spiro atoms. The Morgan fingerprint density at radius 1 is 1.24 bits per heavy atom. The van der Waals surface area contributed by atoms with Gasteiger partial charge >= 0.3 is 6.18 Å². The van der Waals surface area contributed by atoms with Crippen molar-refractivity contribution in [1.82, 2.24) is 0 Å². The van der Waals surface area contributed by atoms with Crippen molar-refractivity contribution in [2.24, 2.45) is 5.16 Å². The summed E-state index contributed by atoms with van der Waals surface area (Å²) in [4.78, 5) is 16.7. The highest BCUT2D eigenvalue weighted by molar-refractivity contribution is 6.63. The second-order valence-electron chi connectivity index (χ2n) is 5.20. The molecule has 0 radical (unpaired) electrons. The van der Waals surface area contributed by atoms with Crippen LogP contribution >= 0.6 is 11.6 Å². The highest BCUT2D eigenvalue weighted by Gasteiger charge is 2.31. The average molecular weight is 370 g/mol. The lowest BCUT2D eigenvalue weighted by atomic mass is 9.94. The van der Waals surface area contributed by atoms with Gasteiger partial charge in [-0.1, -0.05) is 41.6 Å². The standard InChI is InChI=1S/C18H15ClF3NO2/c1-2-23-25-17(13-7-5-8-14(10-13)18(20,21)22)15-9-4-3-6-12(15)11-16(19)24/h2-10,17H,11H2,1H3. The molecule has 0 aliphatic rings. The summed E-state index contributed by atoms with van der Waals surface area (Å²) in [5.41, 5.74) is 0.581. The molecule has 2 aromatic carbocycles. The number of carbonyl (C=O) groups is 1. The number of oxime groups is 1. The molecule has 0 saturated carbocycles. The third-order valence-corrected chi connectivity index (χ3v) is 3.59. The first-order chi connectivity index (χ1) is 11.8. The third kappa shape index (κ3) is 5.06. The van der Waals surface area contributed by atoms with Crippen molar-refractivity contribution in [3.63, 3.8) is 0 Å². The number of alkyl halides is 3. The summed E-state index contributed by atoms with van der Waals surface area (Å²) >= 11 is 5.47. The summed E-state index contributed by atoms with van der Waals surface area (Å²) in [6.45, 7) is 1.62. The van der Waals surface area contributed by atoms with E-state index in [-0.39, 0.29) is 12.0 Å². The first-order valence-electron chi connectivity index (χ1n) is 7.40. The molecule has 2 aromatic rings. The molecule has 132 valence electrons. The lowest BCUT2D eigenvalue weighted by Crippen LogP contribution is -2.11. The predicted octanol–water partition coefficient (Wildman–Crippen LogP) is 5.13. The first-order valence-corrected chi connectivity index (χ1v) is 7.78. The summed E-state index contributed by atoms with van der Waals surface area (Å²) in [6.07, 6.45) is -4.05. The van der Waals surface area contributed by atoms with E-state index in [9.17, 15) is 18.0 Å². The van der Waals surface area contributed by atoms with Gasteiger partial charge in [0.25, 0.3) is 0 Å². The Hall–Kier alpha value is -2.34. The van der Waals surface area contributed by atoms with Crippen LogP contribution in [0.25, 0.3) is 0 Å². The van der Waals surface area contributed by atoms with Gasteiger partial charge in [-0.15, -0.1) is 0 Å². The molecule has 0 N–H and O–H groups in total. The highest BCUT2D eigenvalue weighted by atomic mass is 35.5. The van der Waals surface area contributed by atoms with Gasteiger partial charge in [-0.3, -0.25) is 4.79 Å². The van der Waals surface area contributed by atoms with Crippen molar-refractivity contribution in [3.8, 4) is 0 Å². The normalized spacial score (nSPS) is 13.0. The second-order valence-corrected chi connectivity index (χ2v) is 5.62. The van der Waals surface area contributed by atoms with Gasteiger partial charge in [0.1, 0.15) is 0 Å². The lowest BCUT2D eigenvalue weighted by molar-refractivity contribution is -0.137. The van der Waals surface area contributed by atoms with Crippen molar-refractivity contribution < 1.29 is 22.8 Å². The smallest absolute Gasteiger partial charge is 0.383 e. The maximum absolute atomic E-state index is 13.0. The van der Waals surface area contributed by atoms with Gasteiger partial charge in [-0.25, -0.2) is 0 Å². The van der Waals surface area contributed by atoms with Crippen molar-refractivity contribution >= 4 is 23.1 Å². The van der Waals surface area contributed by atoms with Crippen LogP contribution in [0.3, 0.4) is 0 Å². The molecular weight excluding hydrogens is 355 g/mol. The Labute approximate surface area is 148 Å². The van der Waals surface area contributed by atoms with Crippen molar-refractivity contribution in [1.29, 1.82) is 0 Å². The van der Waals surface area contributed by atoms with E-state index in [4.69, 9.17) is 16.4 Å². The van der Waals surface area contributed by atoms with Gasteiger partial charge in [0.15, 0.2) is 6.10 Å². The number of rotatable bonds is 6. The second kappa shape index (κ2) is 8.16. The van der Waals surface area contributed by atoms with Crippen molar-refractivity contribution in [2.75, 3.05) is 0 Å². The van der Waals surface area contributed by atoms with Crippen molar-refractivity contribution in [2.45, 2.75) is 25.6 Å². The summed E-state index contributed by atoms with van der Waals surface area (Å²) in [5, 5.41) is 3.14. The third-order valence-electron chi connectivity index (χ3n) is 3.46. The fourth-order valence-corrected chi connectivity index (χ4v) is 2.54. The quantitative estimate of drug-likeness (QED) is 0.402. The molecule has 0 aromatic heterocycles. The van der Waals surface area contributed by atoms with E-state index < -0.39 is 23.1 Å². The molecule has 3 nitrogen and oxygen atoms in total. The molecule has 0 amide bonds. The monoisotopic (exact) mass is 369 g/mol. The van der Waals surface area contributed by atoms with E-state index in [0.717, 1.165) is 12.1 Å². The van der Waals surface area contributed by atoms with Gasteiger partial charge in [0, 0.05) is 23.8 Å². The summed E-state index contributed by atoms with van der Waals surface area (Å²) in [7, 11) is 0. The Balaban J connectivity index is 2.53. The van der Waals surface area contributed by atoms with E-state index in [0.29, 0.717) is 11.1 Å². The molecule has 25 heavy (non-hydrogen) atoms. The number of nitrogens with zero attached hydrogens (tertiary/aromatic N) is 1. The predicted molar refractivity (Wildman–Crippen MR) is 89.5 cm³/mol. The molecule has 0 aliphatic carbocycles. The topological polar surface area (TPSA) is 38.7 Å². The zero-order chi connectivity index (χ0) is 18.4. The number of hydrogen-bond acceptors (Lipinski definition) is 3. The van der Waals surface area contributed by atoms with Crippen molar-refractivity contribution in [3.05, 3.63) is 70.8 Å². The van der Waals surface area contributed by atoms with Crippen LogP contribution in [0.15, 0.2) is 53.7 Å². The van der Waals surface area contributed by atoms with Crippen LogP contribution in [-0.2, 0) is 22.2 Å². The van der Waals surface area contributed by atoms with Crippen LogP contribution in [-0.4, -0.2) is 11.5 Å². The number of carbonyl (C=O) groups excluding carboxylic acids is 1. The number of halogens is 4. The highest BCUT2D eigenvalue weighted by Crippen LogP contribution is 2.34. The molecule has 1 atom stereocenters. The van der Waals surface area contributed by atoms with Gasteiger partial charge in [0.05, 0.1) is 5.56 Å². The van der Waals surface area contributed by atoms with Crippen LogP contribution in [0.5, 0.6) is 0 Å². The maximum atomic E-state index is 13.0. The molecule has 0 aliphatic heterocycles. The Morgan fingerprint density at radius 2 is 1.96 bits per heavy atom. The molecule has 0 heterocycles. The molecule has 7 heteroatoms. The molecule has 0 fully saturated rings. The zero-order valence-electron chi connectivity index (χ0n) is 13.3. The Morgan fingerprint density at radius 3 is 2.60 bits per heavy atom. The molecule has 1 unspecified atom stereocenters. The lowest BCUT2D eigenvalue weighted by Gasteiger charge is -2.20. The fraction of sp³-hybridized carbons (Fsp3) is 0.222. The Bertz CT molecular complexity index is 775. The molecular formula is C18H15ClF3NO2. The average Bonchev–Trinajstić information content (AvgIpc) is 2.55. The Kier molecular flexibility index (Phi) is 6.20. The summed E-state index contributed by atoms with van der Waals surface area (Å²) < 4.78 is 39.0. The molecule has 2 rings (SSSR count). The minimum atomic E-state index is -4.47. The van der Waals surface area contributed by atoms with Crippen LogP contribution in [0.4, 0.5) is 13.2 Å². The number of benzene rings is 2. The summed E-state index contributed by atoms with van der Waals surface area (Å²) in [6, 6.07) is 11.6. The van der Waals surface area contributed by atoms with E-state index in [1.54, 1.807) is 31.2 Å². The largest absolute Gasteiger partial charge is 0.416 e. The minimum Gasteiger partial charge on any atom is -0.383 e. The molecule has 0 saturated heterocycles. The first kappa shape index (κ1) is 19.0. The maximum Gasteiger partial charge on any atom is 0.416 e. The fourth-order valence-electron chi connectivity index (χ4n) is 2.40. The summed E-state index contributed by atoms with van der Waals surface area (Å²) in [5.74, 6) is 0. The molecule has 0 bridgehead atoms. The number of hydrogen-bond donors (Lipinski definition) is 0. The van der Waals surface area contributed by atoms with E-state index in [1.807, 2.05) is 0 Å². The van der Waals surface area contributed by atoms with Gasteiger partial charge < -0.3 is 4.84 Å². The van der Waals surface area contributed by atoms with E-state index in [1.165, 1.54) is 18.3 Å². The van der Waals surface area contributed by atoms with E-state index >= 15 is 0 Å². The van der Waals surface area contributed by atoms with Crippen LogP contribution in [0.1, 0.15) is 35.3 Å². The minimum absolute atomic E-state index is 0.0631. The van der Waals surface area contributed by atoms with E-state index in [2.05, 4.69) is 5.16 Å². The van der Waals surface area contributed by atoms with Gasteiger partial charge in [-0.2, -0.15) is 13.2 Å². The van der Waals surface area contributed by atoms with Crippen LogP contribution < -0.4 is 0 Å². The van der Waals surface area contributed by atoms with Gasteiger partial charge in [0.2, 0.25) is 5.24 Å². The SMILES string of the molecule is CC=NOC(c1cccc(C(F)(F)F)c1)c1ccccc1CC(=O)Cl. The van der Waals surface area contributed by atoms with Gasteiger partial charge in [-0.05, 0) is 36.2 Å². The van der Waals surface area contributed by atoms with Crippen LogP contribution in [0.2, 0.25) is 0 Å². The zero-order valence-corrected chi connectivity index (χ0v) is 14.0. The van der Waals surface area contributed by atoms with Crippen LogP contribution in [0, 0.1) is 0 Å².